The lowest BCUT2D eigenvalue weighted by atomic mass is 10.0. The molecule has 0 saturated heterocycles. The lowest BCUT2D eigenvalue weighted by Crippen LogP contribution is -2.46. The van der Waals surface area contributed by atoms with Crippen molar-refractivity contribution in [1.29, 1.82) is 0 Å². The average Bonchev–Trinajstić information content (AvgIpc) is 2.80. The topological polar surface area (TPSA) is 75.6 Å². The van der Waals surface area contributed by atoms with Gasteiger partial charge in [0.2, 0.25) is 5.91 Å². The molecule has 1 aromatic carbocycles. The number of hydrogen-bond donors (Lipinski definition) is 2. The Morgan fingerprint density at radius 3 is 2.03 bits per heavy atom. The van der Waals surface area contributed by atoms with Crippen LogP contribution in [0.2, 0.25) is 0 Å². The first-order valence-corrected chi connectivity index (χ1v) is 12.4. The molecular weight excluding hydrogens is 402 g/mol. The fourth-order valence-electron chi connectivity index (χ4n) is 3.67. The van der Waals surface area contributed by atoms with Gasteiger partial charge in [0.25, 0.3) is 0 Å². The van der Waals surface area contributed by atoms with Gasteiger partial charge in [0.15, 0.2) is 0 Å². The Kier molecular flexibility index (Phi) is 16.1. The number of allylic oxidation sites excluding steroid dienone is 1. The third-order valence-electron chi connectivity index (χ3n) is 5.53. The van der Waals surface area contributed by atoms with Crippen molar-refractivity contribution >= 4 is 11.9 Å². The number of aliphatic hydroxyl groups excluding tert-OH is 1. The summed E-state index contributed by atoms with van der Waals surface area (Å²) in [5, 5.41) is 12.4. The SMILES string of the molecule is CCCCCCCCCCCCC/C=C/C(OC(=O)c1ccccc1)C(CO)NC(C)=O. The first-order valence-electron chi connectivity index (χ1n) is 12.4. The summed E-state index contributed by atoms with van der Waals surface area (Å²) in [6.07, 6.45) is 18.2. The highest BCUT2D eigenvalue weighted by molar-refractivity contribution is 5.89. The summed E-state index contributed by atoms with van der Waals surface area (Å²) in [6, 6.07) is 8.06. The summed E-state index contributed by atoms with van der Waals surface area (Å²) in [4.78, 5) is 23.9. The Balaban J connectivity index is 2.37. The number of hydrogen-bond acceptors (Lipinski definition) is 4. The van der Waals surface area contributed by atoms with E-state index in [1.165, 1.54) is 71.1 Å². The summed E-state index contributed by atoms with van der Waals surface area (Å²) in [7, 11) is 0. The molecule has 0 spiro atoms. The maximum absolute atomic E-state index is 12.4. The van der Waals surface area contributed by atoms with Gasteiger partial charge < -0.3 is 15.2 Å². The number of carbonyl (C=O) groups is 2. The van der Waals surface area contributed by atoms with E-state index in [1.54, 1.807) is 30.3 Å². The number of amides is 1. The zero-order chi connectivity index (χ0) is 23.4. The minimum absolute atomic E-state index is 0.274. The molecule has 2 atom stereocenters. The largest absolute Gasteiger partial charge is 0.452 e. The van der Waals surface area contributed by atoms with Gasteiger partial charge >= 0.3 is 5.97 Å². The van der Waals surface area contributed by atoms with E-state index in [-0.39, 0.29) is 12.5 Å². The maximum Gasteiger partial charge on any atom is 0.338 e. The number of ether oxygens (including phenoxy) is 1. The number of unbranched alkanes of at least 4 members (excludes halogenated alkanes) is 11. The zero-order valence-corrected chi connectivity index (χ0v) is 20.1. The van der Waals surface area contributed by atoms with E-state index in [1.807, 2.05) is 12.1 Å². The molecule has 0 aliphatic heterocycles. The van der Waals surface area contributed by atoms with Gasteiger partial charge in [-0.15, -0.1) is 0 Å². The zero-order valence-electron chi connectivity index (χ0n) is 20.1. The molecule has 32 heavy (non-hydrogen) atoms. The van der Waals surface area contributed by atoms with E-state index in [4.69, 9.17) is 4.74 Å². The molecule has 1 aromatic rings. The van der Waals surface area contributed by atoms with Gasteiger partial charge in [0.05, 0.1) is 18.2 Å². The predicted octanol–water partition coefficient (Wildman–Crippen LogP) is 5.97. The number of aliphatic hydroxyl groups is 1. The molecule has 5 heteroatoms. The molecular formula is C27H43NO4. The van der Waals surface area contributed by atoms with Crippen LogP contribution in [-0.4, -0.2) is 35.7 Å². The summed E-state index contributed by atoms with van der Waals surface area (Å²) in [6.45, 7) is 3.32. The summed E-state index contributed by atoms with van der Waals surface area (Å²) < 4.78 is 5.60. The monoisotopic (exact) mass is 445 g/mol. The fraction of sp³-hybridized carbons (Fsp3) is 0.630. The highest BCUT2D eigenvalue weighted by atomic mass is 16.5. The molecule has 0 heterocycles. The van der Waals surface area contributed by atoms with Gasteiger partial charge in [-0.2, -0.15) is 0 Å². The highest BCUT2D eigenvalue weighted by Gasteiger charge is 2.23. The second-order valence-electron chi connectivity index (χ2n) is 8.48. The standard InChI is InChI=1S/C27H43NO4/c1-3-4-5-6-7-8-9-10-11-12-13-14-18-21-26(25(22-29)28-23(2)30)32-27(31)24-19-16-15-17-20-24/h15-21,25-26,29H,3-14,22H2,1-2H3,(H,28,30)/b21-18+. The molecule has 0 bridgehead atoms. The second-order valence-corrected chi connectivity index (χ2v) is 8.48. The van der Waals surface area contributed by atoms with Gasteiger partial charge in [0, 0.05) is 6.92 Å². The molecule has 180 valence electrons. The van der Waals surface area contributed by atoms with Crippen LogP contribution in [0.5, 0.6) is 0 Å². The number of nitrogens with one attached hydrogen (secondary N) is 1. The number of carbonyl (C=O) groups excluding carboxylic acids is 2. The smallest absolute Gasteiger partial charge is 0.338 e. The molecule has 5 nitrogen and oxygen atoms in total. The molecule has 1 rings (SSSR count). The van der Waals surface area contributed by atoms with Gasteiger partial charge in [-0.25, -0.2) is 4.79 Å². The second kappa shape index (κ2) is 18.4. The molecule has 0 saturated carbocycles. The Bertz CT molecular complexity index is 644. The first-order chi connectivity index (χ1) is 15.6. The van der Waals surface area contributed by atoms with E-state index in [2.05, 4.69) is 12.2 Å². The fourth-order valence-corrected chi connectivity index (χ4v) is 3.67. The van der Waals surface area contributed by atoms with E-state index < -0.39 is 18.1 Å². The van der Waals surface area contributed by atoms with Gasteiger partial charge in [0.1, 0.15) is 6.10 Å². The summed E-state index contributed by atoms with van der Waals surface area (Å²) in [5.41, 5.74) is 0.441. The number of rotatable bonds is 18. The minimum Gasteiger partial charge on any atom is -0.452 e. The maximum atomic E-state index is 12.4. The number of benzene rings is 1. The third kappa shape index (κ3) is 13.3. The molecule has 0 radical (unpaired) electrons. The molecule has 1 amide bonds. The van der Waals surface area contributed by atoms with E-state index in [0.717, 1.165) is 12.8 Å². The Hall–Kier alpha value is -2.14. The molecule has 0 fully saturated rings. The van der Waals surface area contributed by atoms with Crippen molar-refractivity contribution < 1.29 is 19.4 Å². The molecule has 0 aliphatic carbocycles. The Morgan fingerprint density at radius 1 is 0.938 bits per heavy atom. The van der Waals surface area contributed by atoms with Crippen molar-refractivity contribution in [2.45, 2.75) is 103 Å². The quantitative estimate of drug-likeness (QED) is 0.166. The molecule has 0 aromatic heterocycles. The van der Waals surface area contributed by atoms with Crippen molar-refractivity contribution in [2.75, 3.05) is 6.61 Å². The average molecular weight is 446 g/mol. The van der Waals surface area contributed by atoms with Crippen LogP contribution in [0, 0.1) is 0 Å². The van der Waals surface area contributed by atoms with Crippen molar-refractivity contribution in [3.8, 4) is 0 Å². The van der Waals surface area contributed by atoms with E-state index in [0.29, 0.717) is 5.56 Å². The van der Waals surface area contributed by atoms with Crippen molar-refractivity contribution in [3.05, 3.63) is 48.0 Å². The third-order valence-corrected chi connectivity index (χ3v) is 5.53. The summed E-state index contributed by atoms with van der Waals surface area (Å²) in [5.74, 6) is -0.748. The van der Waals surface area contributed by atoms with Crippen molar-refractivity contribution in [1.82, 2.24) is 5.32 Å². The predicted molar refractivity (Wildman–Crippen MR) is 131 cm³/mol. The van der Waals surface area contributed by atoms with Crippen LogP contribution < -0.4 is 5.32 Å². The van der Waals surface area contributed by atoms with Gasteiger partial charge in [-0.3, -0.25) is 4.79 Å². The Labute approximate surface area is 194 Å². The summed E-state index contributed by atoms with van der Waals surface area (Å²) >= 11 is 0. The van der Waals surface area contributed by atoms with Crippen LogP contribution >= 0.6 is 0 Å². The Morgan fingerprint density at radius 2 is 1.50 bits per heavy atom. The van der Waals surface area contributed by atoms with Crippen LogP contribution in [0.25, 0.3) is 0 Å². The van der Waals surface area contributed by atoms with E-state index in [9.17, 15) is 14.7 Å². The molecule has 0 aliphatic rings. The molecule has 2 unspecified atom stereocenters. The lowest BCUT2D eigenvalue weighted by molar-refractivity contribution is -0.120. The first kappa shape index (κ1) is 27.9. The van der Waals surface area contributed by atoms with Crippen molar-refractivity contribution in [3.63, 3.8) is 0 Å². The van der Waals surface area contributed by atoms with Crippen LogP contribution in [0.4, 0.5) is 0 Å². The van der Waals surface area contributed by atoms with Crippen molar-refractivity contribution in [2.24, 2.45) is 0 Å². The van der Waals surface area contributed by atoms with Crippen LogP contribution in [0.1, 0.15) is 101 Å². The minimum atomic E-state index is -0.718. The normalized spacial score (nSPS) is 13.1. The van der Waals surface area contributed by atoms with Gasteiger partial charge in [-0.05, 0) is 31.1 Å². The lowest BCUT2D eigenvalue weighted by Gasteiger charge is -2.23. The number of esters is 1. The van der Waals surface area contributed by atoms with Crippen LogP contribution in [0.3, 0.4) is 0 Å². The molecule has 2 N–H and O–H groups in total. The van der Waals surface area contributed by atoms with E-state index >= 15 is 0 Å². The highest BCUT2D eigenvalue weighted by Crippen LogP contribution is 2.13. The van der Waals surface area contributed by atoms with Crippen LogP contribution in [0.15, 0.2) is 42.5 Å². The van der Waals surface area contributed by atoms with Gasteiger partial charge in [-0.1, -0.05) is 95.4 Å². The van der Waals surface area contributed by atoms with Crippen LogP contribution in [-0.2, 0) is 9.53 Å².